The van der Waals surface area contributed by atoms with Crippen molar-refractivity contribution in [1.29, 1.82) is 0 Å². The Morgan fingerprint density at radius 3 is 2.35 bits per heavy atom. The Morgan fingerprint density at radius 1 is 1.09 bits per heavy atom. The van der Waals surface area contributed by atoms with E-state index in [0.29, 0.717) is 16.9 Å². The number of carbonyl (C=O) groups excluding carboxylic acids is 3. The SMILES string of the molecule is CCCCc1ccc(C(=O)C[C@@H](CNC(=O)c2cccs2)C(=O)N[C@@H](CC(C)C)B(O)O)cc1. The van der Waals surface area contributed by atoms with E-state index < -0.39 is 24.9 Å². The fraction of sp³-hybridized carbons (Fsp3) is 0.480. The van der Waals surface area contributed by atoms with E-state index in [1.54, 1.807) is 29.6 Å². The van der Waals surface area contributed by atoms with Crippen LogP contribution in [-0.2, 0) is 11.2 Å². The van der Waals surface area contributed by atoms with Crippen LogP contribution in [0.3, 0.4) is 0 Å². The molecular weight excluding hydrogens is 451 g/mol. The first-order valence-electron chi connectivity index (χ1n) is 11.8. The van der Waals surface area contributed by atoms with Crippen molar-refractivity contribution < 1.29 is 24.4 Å². The summed E-state index contributed by atoms with van der Waals surface area (Å²) in [6, 6.07) is 10.8. The zero-order valence-corrected chi connectivity index (χ0v) is 20.9. The van der Waals surface area contributed by atoms with Crippen LogP contribution in [0.4, 0.5) is 0 Å². The molecule has 0 aliphatic carbocycles. The van der Waals surface area contributed by atoms with E-state index >= 15 is 0 Å². The largest absolute Gasteiger partial charge is 0.475 e. The molecule has 184 valence electrons. The molecule has 0 fully saturated rings. The maximum Gasteiger partial charge on any atom is 0.475 e. The predicted molar refractivity (Wildman–Crippen MR) is 136 cm³/mol. The normalized spacial score (nSPS) is 12.8. The molecule has 0 spiro atoms. The van der Waals surface area contributed by atoms with Crippen molar-refractivity contribution in [3.63, 3.8) is 0 Å². The lowest BCUT2D eigenvalue weighted by molar-refractivity contribution is -0.125. The average Bonchev–Trinajstić information content (AvgIpc) is 3.34. The minimum absolute atomic E-state index is 0.0428. The molecule has 0 saturated carbocycles. The number of Topliss-reactive ketones (excluding diaryl/α,β-unsaturated/α-hetero) is 1. The molecule has 34 heavy (non-hydrogen) atoms. The second-order valence-electron chi connectivity index (χ2n) is 8.97. The number of rotatable bonds is 14. The highest BCUT2D eigenvalue weighted by Crippen LogP contribution is 2.15. The molecular formula is C25H35BN2O5S. The summed E-state index contributed by atoms with van der Waals surface area (Å²) < 4.78 is 0. The number of carbonyl (C=O) groups is 3. The maximum absolute atomic E-state index is 13.0. The number of ketones is 1. The van der Waals surface area contributed by atoms with Crippen molar-refractivity contribution in [3.05, 3.63) is 57.8 Å². The molecule has 1 aromatic heterocycles. The maximum atomic E-state index is 13.0. The lowest BCUT2D eigenvalue weighted by atomic mass is 9.74. The van der Waals surface area contributed by atoms with E-state index in [4.69, 9.17) is 0 Å². The molecule has 0 radical (unpaired) electrons. The molecule has 4 N–H and O–H groups in total. The fourth-order valence-corrected chi connectivity index (χ4v) is 4.25. The Labute approximate surface area is 206 Å². The van der Waals surface area contributed by atoms with E-state index in [0.717, 1.165) is 24.8 Å². The lowest BCUT2D eigenvalue weighted by Crippen LogP contribution is -2.50. The zero-order valence-electron chi connectivity index (χ0n) is 20.1. The van der Waals surface area contributed by atoms with Crippen LogP contribution in [0.1, 0.15) is 72.0 Å². The topological polar surface area (TPSA) is 116 Å². The van der Waals surface area contributed by atoms with Crippen molar-refractivity contribution in [3.8, 4) is 0 Å². The standard InChI is InChI=1S/C25H35BN2O5S/c1-4-5-7-18-9-11-19(12-10-18)21(29)15-20(16-27-25(31)22-8-6-13-34-22)24(30)28-23(26(32)33)14-17(2)3/h6,8-13,17,20,23,32-33H,4-5,7,14-16H2,1-3H3,(H,27,31)(H,28,30)/t20-,23-/m0/s1. The molecule has 2 amide bonds. The van der Waals surface area contributed by atoms with Crippen molar-refractivity contribution in [2.75, 3.05) is 6.54 Å². The first-order valence-corrected chi connectivity index (χ1v) is 12.7. The quantitative estimate of drug-likeness (QED) is 0.242. The smallest absolute Gasteiger partial charge is 0.426 e. The summed E-state index contributed by atoms with van der Waals surface area (Å²) >= 11 is 1.28. The van der Waals surface area contributed by atoms with Crippen LogP contribution in [0.2, 0.25) is 0 Å². The minimum atomic E-state index is -1.72. The molecule has 0 unspecified atom stereocenters. The highest BCUT2D eigenvalue weighted by molar-refractivity contribution is 7.12. The van der Waals surface area contributed by atoms with Gasteiger partial charge in [0.2, 0.25) is 5.91 Å². The highest BCUT2D eigenvalue weighted by atomic mass is 32.1. The lowest BCUT2D eigenvalue weighted by Gasteiger charge is -2.23. The van der Waals surface area contributed by atoms with Gasteiger partial charge >= 0.3 is 7.12 Å². The molecule has 2 aromatic rings. The third-order valence-corrected chi connectivity index (χ3v) is 6.43. The van der Waals surface area contributed by atoms with Crippen LogP contribution in [0.15, 0.2) is 41.8 Å². The number of nitrogens with one attached hydrogen (secondary N) is 2. The number of hydrogen-bond acceptors (Lipinski definition) is 6. The number of benzene rings is 1. The number of aryl methyl sites for hydroxylation is 1. The van der Waals surface area contributed by atoms with Crippen molar-refractivity contribution in [2.24, 2.45) is 11.8 Å². The van der Waals surface area contributed by atoms with Crippen LogP contribution in [0.5, 0.6) is 0 Å². The van der Waals surface area contributed by atoms with Gasteiger partial charge in [0.25, 0.3) is 5.91 Å². The zero-order chi connectivity index (χ0) is 25.1. The summed E-state index contributed by atoms with van der Waals surface area (Å²) in [4.78, 5) is 38.9. The average molecular weight is 486 g/mol. The number of amides is 2. The highest BCUT2D eigenvalue weighted by Gasteiger charge is 2.30. The monoisotopic (exact) mass is 486 g/mol. The first-order chi connectivity index (χ1) is 16.2. The van der Waals surface area contributed by atoms with E-state index in [-0.39, 0.29) is 30.6 Å². The summed E-state index contributed by atoms with van der Waals surface area (Å²) in [6.45, 7) is 5.91. The van der Waals surface area contributed by atoms with Gasteiger partial charge in [0, 0.05) is 18.5 Å². The Morgan fingerprint density at radius 2 is 1.79 bits per heavy atom. The van der Waals surface area contributed by atoms with Gasteiger partial charge in [-0.25, -0.2) is 0 Å². The van der Waals surface area contributed by atoms with Gasteiger partial charge in [0.15, 0.2) is 5.78 Å². The van der Waals surface area contributed by atoms with Gasteiger partial charge in [-0.1, -0.05) is 57.5 Å². The Hall–Kier alpha value is -2.49. The van der Waals surface area contributed by atoms with Crippen LogP contribution in [-0.4, -0.2) is 47.2 Å². The summed E-state index contributed by atoms with van der Waals surface area (Å²) in [5.74, 6) is -2.63. The van der Waals surface area contributed by atoms with E-state index in [9.17, 15) is 24.4 Å². The molecule has 0 saturated heterocycles. The number of hydrogen-bond donors (Lipinski definition) is 4. The van der Waals surface area contributed by atoms with Crippen molar-refractivity contribution in [1.82, 2.24) is 10.6 Å². The van der Waals surface area contributed by atoms with Gasteiger partial charge in [0.1, 0.15) is 0 Å². The van der Waals surface area contributed by atoms with Gasteiger partial charge in [-0.3, -0.25) is 14.4 Å². The predicted octanol–water partition coefficient (Wildman–Crippen LogP) is 3.25. The number of thiophene rings is 1. The molecule has 0 aliphatic heterocycles. The summed E-state index contributed by atoms with van der Waals surface area (Å²) in [5, 5.41) is 26.5. The Bertz CT molecular complexity index is 916. The van der Waals surface area contributed by atoms with E-state index in [1.807, 2.05) is 26.0 Å². The van der Waals surface area contributed by atoms with E-state index in [1.165, 1.54) is 11.3 Å². The fourth-order valence-electron chi connectivity index (χ4n) is 3.61. The molecule has 2 atom stereocenters. The second-order valence-corrected chi connectivity index (χ2v) is 9.92. The van der Waals surface area contributed by atoms with Gasteiger partial charge in [-0.15, -0.1) is 11.3 Å². The van der Waals surface area contributed by atoms with Gasteiger partial charge in [0.05, 0.1) is 16.7 Å². The first kappa shape index (κ1) is 27.8. The Kier molecular flexibility index (Phi) is 11.5. The minimum Gasteiger partial charge on any atom is -0.426 e. The molecule has 1 heterocycles. The third-order valence-electron chi connectivity index (χ3n) is 5.56. The van der Waals surface area contributed by atoms with Crippen molar-refractivity contribution >= 4 is 36.1 Å². The molecule has 1 aromatic carbocycles. The van der Waals surface area contributed by atoms with Crippen LogP contribution >= 0.6 is 11.3 Å². The molecule has 7 nitrogen and oxygen atoms in total. The molecule has 2 rings (SSSR count). The summed E-state index contributed by atoms with van der Waals surface area (Å²) in [5.41, 5.74) is 1.66. The molecule has 0 bridgehead atoms. The van der Waals surface area contributed by atoms with Gasteiger partial charge < -0.3 is 20.7 Å². The second kappa shape index (κ2) is 14.0. The molecule has 0 aliphatic rings. The summed E-state index contributed by atoms with van der Waals surface area (Å²) in [6.07, 6.45) is 3.37. The summed E-state index contributed by atoms with van der Waals surface area (Å²) in [7, 11) is -1.72. The Balaban J connectivity index is 2.12. The molecule has 9 heteroatoms. The third kappa shape index (κ3) is 9.04. The van der Waals surface area contributed by atoms with Gasteiger partial charge in [-0.05, 0) is 42.2 Å². The van der Waals surface area contributed by atoms with Crippen LogP contribution < -0.4 is 10.6 Å². The van der Waals surface area contributed by atoms with Crippen LogP contribution in [0, 0.1) is 11.8 Å². The van der Waals surface area contributed by atoms with E-state index in [2.05, 4.69) is 17.6 Å². The van der Waals surface area contributed by atoms with Crippen molar-refractivity contribution in [2.45, 2.75) is 58.8 Å². The van der Waals surface area contributed by atoms with Gasteiger partial charge in [-0.2, -0.15) is 0 Å². The number of unbranched alkanes of at least 4 members (excludes halogenated alkanes) is 1. The van der Waals surface area contributed by atoms with Crippen LogP contribution in [0.25, 0.3) is 0 Å².